The number of hydrogen-bond donors (Lipinski definition) is 0. The molecule has 0 aromatic heterocycles. The number of alkyl halides is 1. The lowest BCUT2D eigenvalue weighted by atomic mass is 9.93. The van der Waals surface area contributed by atoms with Crippen molar-refractivity contribution < 1.29 is 8.78 Å². The van der Waals surface area contributed by atoms with Gasteiger partial charge in [0.2, 0.25) is 0 Å². The molecule has 1 atom stereocenters. The molecule has 0 N–H and O–H groups in total. The molecule has 0 radical (unpaired) electrons. The maximum absolute atomic E-state index is 13.6. The van der Waals surface area contributed by atoms with E-state index < -0.39 is 6.17 Å². The van der Waals surface area contributed by atoms with Gasteiger partial charge < -0.3 is 0 Å². The predicted octanol–water partition coefficient (Wildman–Crippen LogP) is 4.28. The van der Waals surface area contributed by atoms with Crippen molar-refractivity contribution in [2.24, 2.45) is 0 Å². The molecule has 1 unspecified atom stereocenters. The van der Waals surface area contributed by atoms with E-state index in [1.807, 2.05) is 32.0 Å². The third-order valence-electron chi connectivity index (χ3n) is 2.99. The molecule has 0 spiro atoms. The van der Waals surface area contributed by atoms with Gasteiger partial charge in [-0.15, -0.1) is 0 Å². The monoisotopic (exact) mass is 220 g/mol. The summed E-state index contributed by atoms with van der Waals surface area (Å²) >= 11 is 0. The van der Waals surface area contributed by atoms with Gasteiger partial charge in [0.05, 0.1) is 0 Å². The second-order valence-corrected chi connectivity index (χ2v) is 4.20. The Kier molecular flexibility index (Phi) is 2.90. The topological polar surface area (TPSA) is 0 Å². The summed E-state index contributed by atoms with van der Waals surface area (Å²) in [6.45, 7) is 3.98. The van der Waals surface area contributed by atoms with Crippen molar-refractivity contribution in [3.63, 3.8) is 0 Å². The molecule has 0 heterocycles. The van der Waals surface area contributed by atoms with Gasteiger partial charge >= 0.3 is 0 Å². The molecule has 1 aliphatic rings. The highest BCUT2D eigenvalue weighted by molar-refractivity contribution is 5.71. The first-order valence-electron chi connectivity index (χ1n) is 5.36. The van der Waals surface area contributed by atoms with Crippen LogP contribution < -0.4 is 0 Å². The van der Waals surface area contributed by atoms with Crippen molar-refractivity contribution in [3.05, 3.63) is 52.9 Å². The fourth-order valence-corrected chi connectivity index (χ4v) is 1.83. The molecule has 2 heteroatoms. The maximum Gasteiger partial charge on any atom is 0.126 e. The van der Waals surface area contributed by atoms with E-state index >= 15 is 0 Å². The Balaban J connectivity index is 2.44. The first-order chi connectivity index (χ1) is 7.58. The molecule has 0 nitrogen and oxygen atoms in total. The zero-order chi connectivity index (χ0) is 11.7. The molecular weight excluding hydrogens is 206 g/mol. The van der Waals surface area contributed by atoms with Gasteiger partial charge in [-0.05, 0) is 48.3 Å². The molecule has 0 saturated heterocycles. The van der Waals surface area contributed by atoms with Crippen LogP contribution in [0.5, 0.6) is 0 Å². The van der Waals surface area contributed by atoms with Crippen LogP contribution in [0.3, 0.4) is 0 Å². The van der Waals surface area contributed by atoms with Crippen LogP contribution in [0, 0.1) is 13.8 Å². The molecule has 0 fully saturated rings. The van der Waals surface area contributed by atoms with E-state index in [1.54, 1.807) is 0 Å². The van der Waals surface area contributed by atoms with Crippen molar-refractivity contribution in [1.29, 1.82) is 0 Å². The summed E-state index contributed by atoms with van der Waals surface area (Å²) in [5.74, 6) is -0.322. The molecule has 84 valence electrons. The number of allylic oxidation sites excluding steroid dienone is 4. The van der Waals surface area contributed by atoms with Crippen LogP contribution in [0.2, 0.25) is 0 Å². The summed E-state index contributed by atoms with van der Waals surface area (Å²) in [7, 11) is 0. The zero-order valence-electron chi connectivity index (χ0n) is 9.43. The van der Waals surface area contributed by atoms with Crippen LogP contribution in [-0.4, -0.2) is 6.17 Å². The molecule has 16 heavy (non-hydrogen) atoms. The van der Waals surface area contributed by atoms with Gasteiger partial charge in [0.15, 0.2) is 0 Å². The Morgan fingerprint density at radius 2 is 1.94 bits per heavy atom. The third-order valence-corrected chi connectivity index (χ3v) is 2.99. The van der Waals surface area contributed by atoms with Crippen LogP contribution in [-0.2, 0) is 0 Å². The lowest BCUT2D eigenvalue weighted by molar-refractivity contribution is 0.401. The molecule has 1 aromatic rings. The highest BCUT2D eigenvalue weighted by Gasteiger charge is 2.17. The average Bonchev–Trinajstić information content (AvgIpc) is 2.26. The van der Waals surface area contributed by atoms with Crippen molar-refractivity contribution in [1.82, 2.24) is 0 Å². The number of aryl methyl sites for hydroxylation is 2. The third kappa shape index (κ3) is 2.06. The van der Waals surface area contributed by atoms with Gasteiger partial charge in [0, 0.05) is 6.42 Å². The van der Waals surface area contributed by atoms with E-state index in [4.69, 9.17) is 0 Å². The van der Waals surface area contributed by atoms with Crippen LogP contribution in [0.4, 0.5) is 8.78 Å². The SMILES string of the molecule is Cc1ccc(C2=C(F)C=CC(F)C2)cc1C. The normalized spacial score (nSPS) is 20.4. The Hall–Kier alpha value is -1.44. The first kappa shape index (κ1) is 11.1. The minimum Gasteiger partial charge on any atom is -0.243 e. The number of rotatable bonds is 1. The van der Waals surface area contributed by atoms with Crippen molar-refractivity contribution in [2.75, 3.05) is 0 Å². The van der Waals surface area contributed by atoms with Crippen molar-refractivity contribution in [2.45, 2.75) is 26.4 Å². The van der Waals surface area contributed by atoms with Crippen molar-refractivity contribution >= 4 is 5.57 Å². The van der Waals surface area contributed by atoms with Crippen LogP contribution >= 0.6 is 0 Å². The molecule has 0 bridgehead atoms. The Bertz CT molecular complexity index is 470. The highest BCUT2D eigenvalue weighted by atomic mass is 19.1. The molecule has 2 rings (SSSR count). The largest absolute Gasteiger partial charge is 0.243 e. The second kappa shape index (κ2) is 4.20. The van der Waals surface area contributed by atoms with E-state index in [2.05, 4.69) is 0 Å². The molecule has 0 aliphatic heterocycles. The standard InChI is InChI=1S/C14H14F2/c1-9-3-4-11(7-10(9)2)13-8-12(15)5-6-14(13)16/h3-7,12H,8H2,1-2H3. The smallest absolute Gasteiger partial charge is 0.126 e. The van der Waals surface area contributed by atoms with Gasteiger partial charge in [0.1, 0.15) is 12.0 Å². The summed E-state index contributed by atoms with van der Waals surface area (Å²) < 4.78 is 26.8. The minimum absolute atomic E-state index is 0.130. The molecule has 0 saturated carbocycles. The lowest BCUT2D eigenvalue weighted by Gasteiger charge is -2.15. The van der Waals surface area contributed by atoms with Crippen LogP contribution in [0.1, 0.15) is 23.1 Å². The lowest BCUT2D eigenvalue weighted by Crippen LogP contribution is -2.03. The number of benzene rings is 1. The van der Waals surface area contributed by atoms with E-state index in [9.17, 15) is 8.78 Å². The Labute approximate surface area is 94.3 Å². The minimum atomic E-state index is -1.07. The molecule has 1 aliphatic carbocycles. The van der Waals surface area contributed by atoms with Crippen LogP contribution in [0.25, 0.3) is 5.57 Å². The highest BCUT2D eigenvalue weighted by Crippen LogP contribution is 2.31. The predicted molar refractivity (Wildman–Crippen MR) is 62.6 cm³/mol. The van der Waals surface area contributed by atoms with Gasteiger partial charge in [-0.2, -0.15) is 0 Å². The maximum atomic E-state index is 13.6. The number of halogens is 2. The molecule has 0 amide bonds. The summed E-state index contributed by atoms with van der Waals surface area (Å²) in [6.07, 6.45) is 1.54. The fraction of sp³-hybridized carbons (Fsp3) is 0.286. The van der Waals surface area contributed by atoms with Gasteiger partial charge in [-0.3, -0.25) is 0 Å². The molecular formula is C14H14F2. The summed E-state index contributed by atoms with van der Waals surface area (Å²) in [6, 6.07) is 5.70. The zero-order valence-corrected chi connectivity index (χ0v) is 9.43. The van der Waals surface area contributed by atoms with E-state index in [1.165, 1.54) is 12.2 Å². The van der Waals surface area contributed by atoms with Crippen LogP contribution in [0.15, 0.2) is 36.2 Å². The Morgan fingerprint density at radius 3 is 2.62 bits per heavy atom. The Morgan fingerprint density at radius 1 is 1.19 bits per heavy atom. The van der Waals surface area contributed by atoms with E-state index in [0.29, 0.717) is 5.57 Å². The van der Waals surface area contributed by atoms with Crippen molar-refractivity contribution in [3.8, 4) is 0 Å². The van der Waals surface area contributed by atoms with Gasteiger partial charge in [0.25, 0.3) is 0 Å². The van der Waals surface area contributed by atoms with E-state index in [0.717, 1.165) is 16.7 Å². The van der Waals surface area contributed by atoms with Gasteiger partial charge in [-0.25, -0.2) is 8.78 Å². The summed E-state index contributed by atoms with van der Waals surface area (Å²) in [5.41, 5.74) is 3.52. The number of hydrogen-bond acceptors (Lipinski definition) is 0. The summed E-state index contributed by atoms with van der Waals surface area (Å²) in [4.78, 5) is 0. The fourth-order valence-electron chi connectivity index (χ4n) is 1.83. The van der Waals surface area contributed by atoms with Gasteiger partial charge in [-0.1, -0.05) is 18.2 Å². The first-order valence-corrected chi connectivity index (χ1v) is 5.36. The summed E-state index contributed by atoms with van der Waals surface area (Å²) in [5, 5.41) is 0. The van der Waals surface area contributed by atoms with E-state index in [-0.39, 0.29) is 12.2 Å². The second-order valence-electron chi connectivity index (χ2n) is 4.20. The molecule has 1 aromatic carbocycles. The quantitative estimate of drug-likeness (QED) is 0.662. The average molecular weight is 220 g/mol.